The van der Waals surface area contributed by atoms with Crippen molar-refractivity contribution in [2.45, 2.75) is 38.1 Å². The molecule has 0 radical (unpaired) electrons. The zero-order valence-electron chi connectivity index (χ0n) is 8.34. The Morgan fingerprint density at radius 2 is 2.15 bits per heavy atom. The molecule has 2 heteroatoms. The van der Waals surface area contributed by atoms with Crippen molar-refractivity contribution in [2.75, 3.05) is 19.6 Å². The van der Waals surface area contributed by atoms with Crippen LogP contribution in [0.15, 0.2) is 11.6 Å². The van der Waals surface area contributed by atoms with Gasteiger partial charge in [-0.25, -0.2) is 0 Å². The van der Waals surface area contributed by atoms with E-state index in [2.05, 4.69) is 11.0 Å². The summed E-state index contributed by atoms with van der Waals surface area (Å²) in [4.78, 5) is 2.56. The molecular weight excluding hydrogens is 160 g/mol. The molecule has 13 heavy (non-hydrogen) atoms. The van der Waals surface area contributed by atoms with E-state index in [0.717, 1.165) is 0 Å². The van der Waals surface area contributed by atoms with Crippen molar-refractivity contribution in [2.24, 2.45) is 5.73 Å². The molecule has 2 aliphatic rings. The Balaban J connectivity index is 1.75. The highest BCUT2D eigenvalue weighted by atomic mass is 15.1. The first kappa shape index (κ1) is 9.22. The minimum atomic E-state index is 0.466. The Labute approximate surface area is 80.8 Å². The first-order valence-corrected chi connectivity index (χ1v) is 5.50. The van der Waals surface area contributed by atoms with Gasteiger partial charge in [-0.05, 0) is 45.2 Å². The fraction of sp³-hybridized carbons (Fsp3) is 0.818. The van der Waals surface area contributed by atoms with E-state index in [1.165, 1.54) is 51.7 Å². The van der Waals surface area contributed by atoms with Crippen molar-refractivity contribution < 1.29 is 0 Å². The summed E-state index contributed by atoms with van der Waals surface area (Å²) in [7, 11) is 0. The number of likely N-dealkylation sites (tertiary alicyclic amines) is 1. The molecule has 0 aromatic heterocycles. The predicted molar refractivity (Wildman–Crippen MR) is 55.6 cm³/mol. The Bertz CT molecular complexity index is 190. The van der Waals surface area contributed by atoms with Crippen LogP contribution in [-0.2, 0) is 0 Å². The topological polar surface area (TPSA) is 29.3 Å². The molecule has 1 saturated heterocycles. The summed E-state index contributed by atoms with van der Waals surface area (Å²) in [6.07, 6.45) is 8.82. The van der Waals surface area contributed by atoms with Crippen LogP contribution >= 0.6 is 0 Å². The summed E-state index contributed by atoms with van der Waals surface area (Å²) in [6, 6.07) is 0.466. The summed E-state index contributed by atoms with van der Waals surface area (Å²) in [5, 5.41) is 0. The maximum absolute atomic E-state index is 5.86. The van der Waals surface area contributed by atoms with Crippen LogP contribution < -0.4 is 5.73 Å². The Hall–Kier alpha value is -0.340. The average Bonchev–Trinajstić information content (AvgIpc) is 2.62. The van der Waals surface area contributed by atoms with Crippen LogP contribution in [0.25, 0.3) is 0 Å². The highest BCUT2D eigenvalue weighted by Crippen LogP contribution is 2.20. The highest BCUT2D eigenvalue weighted by molar-refractivity contribution is 5.09. The number of allylic oxidation sites excluding steroid dienone is 1. The zero-order valence-corrected chi connectivity index (χ0v) is 8.34. The second-order valence-corrected chi connectivity index (χ2v) is 4.37. The monoisotopic (exact) mass is 180 g/mol. The van der Waals surface area contributed by atoms with Crippen LogP contribution in [-0.4, -0.2) is 30.6 Å². The van der Waals surface area contributed by atoms with Crippen molar-refractivity contribution in [3.63, 3.8) is 0 Å². The first-order chi connectivity index (χ1) is 6.34. The molecule has 0 amide bonds. The van der Waals surface area contributed by atoms with Gasteiger partial charge < -0.3 is 5.73 Å². The molecule has 0 atom stereocenters. The van der Waals surface area contributed by atoms with Crippen molar-refractivity contribution in [3.8, 4) is 0 Å². The quantitative estimate of drug-likeness (QED) is 0.653. The van der Waals surface area contributed by atoms with Crippen LogP contribution in [0.4, 0.5) is 0 Å². The van der Waals surface area contributed by atoms with Crippen LogP contribution in [0, 0.1) is 0 Å². The van der Waals surface area contributed by atoms with Gasteiger partial charge in [-0.2, -0.15) is 0 Å². The van der Waals surface area contributed by atoms with E-state index in [1.807, 2.05) is 0 Å². The second-order valence-electron chi connectivity index (χ2n) is 4.37. The Morgan fingerprint density at radius 3 is 2.77 bits per heavy atom. The van der Waals surface area contributed by atoms with Gasteiger partial charge in [0.1, 0.15) is 0 Å². The van der Waals surface area contributed by atoms with E-state index in [1.54, 1.807) is 5.57 Å². The van der Waals surface area contributed by atoms with E-state index < -0.39 is 0 Å². The molecule has 1 aliphatic heterocycles. The largest absolute Gasteiger partial charge is 0.328 e. The smallest absolute Gasteiger partial charge is 0.0192 e. The van der Waals surface area contributed by atoms with Gasteiger partial charge in [0.2, 0.25) is 0 Å². The lowest BCUT2D eigenvalue weighted by Gasteiger charge is -2.30. The van der Waals surface area contributed by atoms with Gasteiger partial charge in [0.05, 0.1) is 0 Å². The minimum absolute atomic E-state index is 0.466. The van der Waals surface area contributed by atoms with E-state index >= 15 is 0 Å². The van der Waals surface area contributed by atoms with Crippen LogP contribution in [0.1, 0.15) is 32.1 Å². The molecule has 1 aliphatic carbocycles. The number of hydrogen-bond acceptors (Lipinski definition) is 2. The second kappa shape index (κ2) is 4.25. The van der Waals surface area contributed by atoms with Crippen LogP contribution in [0.3, 0.4) is 0 Å². The van der Waals surface area contributed by atoms with Crippen molar-refractivity contribution in [1.29, 1.82) is 0 Å². The highest BCUT2D eigenvalue weighted by Gasteiger charge is 2.17. The van der Waals surface area contributed by atoms with Gasteiger partial charge in [0.15, 0.2) is 0 Å². The van der Waals surface area contributed by atoms with E-state index in [4.69, 9.17) is 5.73 Å². The predicted octanol–water partition coefficient (Wildman–Crippen LogP) is 1.52. The first-order valence-electron chi connectivity index (χ1n) is 5.50. The molecule has 0 bridgehead atoms. The molecule has 0 spiro atoms. The lowest BCUT2D eigenvalue weighted by molar-refractivity contribution is 0.228. The third kappa shape index (κ3) is 2.55. The van der Waals surface area contributed by atoms with Gasteiger partial charge in [0.25, 0.3) is 0 Å². The minimum Gasteiger partial charge on any atom is -0.328 e. The Kier molecular flexibility index (Phi) is 3.01. The molecular formula is C11H20N2. The fourth-order valence-corrected chi connectivity index (χ4v) is 2.28. The van der Waals surface area contributed by atoms with Gasteiger partial charge in [0, 0.05) is 12.6 Å². The van der Waals surface area contributed by atoms with E-state index in [0.29, 0.717) is 6.04 Å². The molecule has 2 rings (SSSR count). The van der Waals surface area contributed by atoms with Crippen LogP contribution in [0.5, 0.6) is 0 Å². The SMILES string of the molecule is NC1CCN(CC2=CCCC2)CC1. The van der Waals surface area contributed by atoms with Gasteiger partial charge >= 0.3 is 0 Å². The Morgan fingerprint density at radius 1 is 1.38 bits per heavy atom. The molecule has 0 aromatic rings. The number of hydrogen-bond donors (Lipinski definition) is 1. The fourth-order valence-electron chi connectivity index (χ4n) is 2.28. The van der Waals surface area contributed by atoms with E-state index in [9.17, 15) is 0 Å². The van der Waals surface area contributed by atoms with Gasteiger partial charge in [-0.1, -0.05) is 11.6 Å². The normalized spacial score (nSPS) is 26.4. The third-order valence-electron chi connectivity index (χ3n) is 3.19. The number of rotatable bonds is 2. The molecule has 1 heterocycles. The van der Waals surface area contributed by atoms with E-state index in [-0.39, 0.29) is 0 Å². The van der Waals surface area contributed by atoms with Crippen molar-refractivity contribution in [3.05, 3.63) is 11.6 Å². The maximum atomic E-state index is 5.86. The van der Waals surface area contributed by atoms with Crippen molar-refractivity contribution in [1.82, 2.24) is 4.90 Å². The van der Waals surface area contributed by atoms with Crippen molar-refractivity contribution >= 4 is 0 Å². The number of nitrogens with two attached hydrogens (primary N) is 1. The summed E-state index contributed by atoms with van der Waals surface area (Å²) in [5.74, 6) is 0. The molecule has 0 saturated carbocycles. The standard InChI is InChI=1S/C11H20N2/c12-11-5-7-13(8-6-11)9-10-3-1-2-4-10/h3,11H,1-2,4-9,12H2. The summed E-state index contributed by atoms with van der Waals surface area (Å²) in [6.45, 7) is 3.63. The summed E-state index contributed by atoms with van der Waals surface area (Å²) < 4.78 is 0. The molecule has 2 N–H and O–H groups in total. The molecule has 0 unspecified atom stereocenters. The third-order valence-corrected chi connectivity index (χ3v) is 3.19. The lowest BCUT2D eigenvalue weighted by atomic mass is 10.1. The molecule has 2 nitrogen and oxygen atoms in total. The summed E-state index contributed by atoms with van der Waals surface area (Å²) in [5.41, 5.74) is 7.53. The van der Waals surface area contributed by atoms with Gasteiger partial charge in [-0.15, -0.1) is 0 Å². The number of nitrogens with zero attached hydrogens (tertiary/aromatic N) is 1. The summed E-state index contributed by atoms with van der Waals surface area (Å²) >= 11 is 0. The lowest BCUT2D eigenvalue weighted by Crippen LogP contribution is -2.40. The van der Waals surface area contributed by atoms with Crippen LogP contribution in [0.2, 0.25) is 0 Å². The molecule has 1 fully saturated rings. The molecule has 74 valence electrons. The molecule has 0 aromatic carbocycles. The van der Waals surface area contributed by atoms with Gasteiger partial charge in [-0.3, -0.25) is 4.90 Å². The number of piperidine rings is 1. The zero-order chi connectivity index (χ0) is 9.10. The maximum Gasteiger partial charge on any atom is 0.0192 e. The average molecular weight is 180 g/mol.